The summed E-state index contributed by atoms with van der Waals surface area (Å²) in [7, 11) is 0. The predicted molar refractivity (Wildman–Crippen MR) is 64.3 cm³/mol. The lowest BCUT2D eigenvalue weighted by Crippen LogP contribution is -2.15. The van der Waals surface area contributed by atoms with Crippen LogP contribution in [0.5, 0.6) is 0 Å². The number of halogens is 3. The number of hydrogen-bond donors (Lipinski definition) is 2. The monoisotopic (exact) mass is 268 g/mol. The molecule has 0 radical (unpaired) electrons. The summed E-state index contributed by atoms with van der Waals surface area (Å²) in [5.74, 6) is -0.223. The topological polar surface area (TPSA) is 67.7 Å². The molecule has 0 spiro atoms. The minimum atomic E-state index is -4.49. The molecular weight excluding hydrogens is 257 g/mol. The maximum Gasteiger partial charge on any atom is 0.435 e. The van der Waals surface area contributed by atoms with Gasteiger partial charge in [-0.1, -0.05) is 6.07 Å². The molecule has 4 nitrogen and oxygen atoms in total. The van der Waals surface area contributed by atoms with Crippen LogP contribution in [0.2, 0.25) is 0 Å². The number of hydrogen-bond acceptors (Lipinski definition) is 2. The molecule has 100 valence electrons. The number of aryl methyl sites for hydroxylation is 1. The van der Waals surface area contributed by atoms with Crippen molar-refractivity contribution in [3.8, 4) is 5.69 Å². The minimum Gasteiger partial charge on any atom is -0.384 e. The molecule has 2 rings (SSSR count). The van der Waals surface area contributed by atoms with Crippen LogP contribution in [0.3, 0.4) is 0 Å². The number of alkyl halides is 3. The highest BCUT2D eigenvalue weighted by Crippen LogP contribution is 2.28. The standard InChI is InChI=1S/C12H11F3N4/c1-7-2-3-8(11(16)17)9(6-7)19-5-4-10(18-19)12(13,14)15/h2-6H,1H3,(H3,16,17). The normalized spacial score (nSPS) is 11.6. The van der Waals surface area contributed by atoms with Crippen LogP contribution in [-0.4, -0.2) is 15.6 Å². The molecule has 0 aliphatic rings. The second kappa shape index (κ2) is 4.42. The second-order valence-electron chi connectivity index (χ2n) is 4.08. The Balaban J connectivity index is 2.55. The van der Waals surface area contributed by atoms with Gasteiger partial charge in [0.15, 0.2) is 5.69 Å². The van der Waals surface area contributed by atoms with Crippen molar-refractivity contribution in [3.63, 3.8) is 0 Å². The van der Waals surface area contributed by atoms with Crippen molar-refractivity contribution < 1.29 is 13.2 Å². The van der Waals surface area contributed by atoms with Crippen molar-refractivity contribution in [3.05, 3.63) is 47.3 Å². The molecule has 19 heavy (non-hydrogen) atoms. The third-order valence-corrected chi connectivity index (χ3v) is 2.57. The third-order valence-electron chi connectivity index (χ3n) is 2.57. The SMILES string of the molecule is Cc1ccc(C(=N)N)c(-n2ccc(C(F)(F)F)n2)c1. The summed E-state index contributed by atoms with van der Waals surface area (Å²) in [4.78, 5) is 0. The number of nitrogen functional groups attached to an aromatic ring is 1. The first-order valence-electron chi connectivity index (χ1n) is 5.37. The van der Waals surface area contributed by atoms with Crippen molar-refractivity contribution in [2.75, 3.05) is 0 Å². The fourth-order valence-electron chi connectivity index (χ4n) is 1.67. The zero-order valence-electron chi connectivity index (χ0n) is 9.99. The smallest absolute Gasteiger partial charge is 0.384 e. The summed E-state index contributed by atoms with van der Waals surface area (Å²) < 4.78 is 38.6. The number of nitrogens with one attached hydrogen (secondary N) is 1. The van der Waals surface area contributed by atoms with Crippen LogP contribution in [0.15, 0.2) is 30.5 Å². The van der Waals surface area contributed by atoms with Gasteiger partial charge in [-0.15, -0.1) is 0 Å². The Labute approximate surface area is 107 Å². The second-order valence-corrected chi connectivity index (χ2v) is 4.08. The number of rotatable bonds is 2. The van der Waals surface area contributed by atoms with Crippen molar-refractivity contribution in [1.29, 1.82) is 5.41 Å². The Morgan fingerprint density at radius 1 is 1.32 bits per heavy atom. The minimum absolute atomic E-state index is 0.223. The first-order valence-corrected chi connectivity index (χ1v) is 5.37. The van der Waals surface area contributed by atoms with Gasteiger partial charge in [0.1, 0.15) is 5.84 Å². The van der Waals surface area contributed by atoms with Gasteiger partial charge in [0.25, 0.3) is 0 Å². The number of aromatic nitrogens is 2. The van der Waals surface area contributed by atoms with E-state index in [1.165, 1.54) is 6.20 Å². The quantitative estimate of drug-likeness (QED) is 0.649. The molecule has 0 fully saturated rings. The number of nitrogens with two attached hydrogens (primary N) is 1. The molecule has 0 saturated carbocycles. The molecule has 7 heteroatoms. The van der Waals surface area contributed by atoms with Gasteiger partial charge in [0.05, 0.1) is 5.69 Å². The Morgan fingerprint density at radius 3 is 2.53 bits per heavy atom. The zero-order valence-corrected chi connectivity index (χ0v) is 9.99. The van der Waals surface area contributed by atoms with Crippen molar-refractivity contribution >= 4 is 5.84 Å². The van der Waals surface area contributed by atoms with E-state index in [2.05, 4.69) is 5.10 Å². The first kappa shape index (κ1) is 13.1. The van der Waals surface area contributed by atoms with Gasteiger partial charge in [-0.2, -0.15) is 18.3 Å². The van der Waals surface area contributed by atoms with Crippen LogP contribution in [0.1, 0.15) is 16.8 Å². The van der Waals surface area contributed by atoms with Gasteiger partial charge < -0.3 is 5.73 Å². The predicted octanol–water partition coefficient (Wildman–Crippen LogP) is 2.48. The molecule has 3 N–H and O–H groups in total. The largest absolute Gasteiger partial charge is 0.435 e. The molecule has 1 aromatic carbocycles. The Morgan fingerprint density at radius 2 is 2.00 bits per heavy atom. The fourth-order valence-corrected chi connectivity index (χ4v) is 1.67. The van der Waals surface area contributed by atoms with Crippen molar-refractivity contribution in [2.45, 2.75) is 13.1 Å². The Bertz CT molecular complexity index is 628. The van der Waals surface area contributed by atoms with E-state index >= 15 is 0 Å². The van der Waals surface area contributed by atoms with E-state index < -0.39 is 11.9 Å². The highest BCUT2D eigenvalue weighted by molar-refractivity contribution is 5.98. The van der Waals surface area contributed by atoms with Crippen LogP contribution in [0.4, 0.5) is 13.2 Å². The van der Waals surface area contributed by atoms with E-state index in [-0.39, 0.29) is 5.84 Å². The van der Waals surface area contributed by atoms with E-state index in [1.54, 1.807) is 25.1 Å². The highest BCUT2D eigenvalue weighted by atomic mass is 19.4. The average molecular weight is 268 g/mol. The fraction of sp³-hybridized carbons (Fsp3) is 0.167. The average Bonchev–Trinajstić information content (AvgIpc) is 2.77. The Kier molecular flexibility index (Phi) is 3.05. The van der Waals surface area contributed by atoms with E-state index in [1.807, 2.05) is 0 Å². The molecule has 0 aliphatic carbocycles. The zero-order chi connectivity index (χ0) is 14.2. The van der Waals surface area contributed by atoms with E-state index in [9.17, 15) is 13.2 Å². The van der Waals surface area contributed by atoms with Gasteiger partial charge in [-0.25, -0.2) is 4.68 Å². The lowest BCUT2D eigenvalue weighted by atomic mass is 10.1. The van der Waals surface area contributed by atoms with Gasteiger partial charge in [0.2, 0.25) is 0 Å². The van der Waals surface area contributed by atoms with Crippen LogP contribution < -0.4 is 5.73 Å². The summed E-state index contributed by atoms with van der Waals surface area (Å²) in [5, 5.41) is 10.9. The van der Waals surface area contributed by atoms with Crippen LogP contribution >= 0.6 is 0 Å². The first-order chi connectivity index (χ1) is 8.79. The lowest BCUT2D eigenvalue weighted by Gasteiger charge is -2.09. The summed E-state index contributed by atoms with van der Waals surface area (Å²) in [6, 6.07) is 5.83. The number of nitrogens with zero attached hydrogens (tertiary/aromatic N) is 2. The molecule has 1 aromatic heterocycles. The molecule has 0 amide bonds. The molecule has 0 bridgehead atoms. The highest BCUT2D eigenvalue weighted by Gasteiger charge is 2.33. The summed E-state index contributed by atoms with van der Waals surface area (Å²) in [6.07, 6.45) is -3.30. The van der Waals surface area contributed by atoms with E-state index in [0.717, 1.165) is 16.3 Å². The Hall–Kier alpha value is -2.31. The van der Waals surface area contributed by atoms with Gasteiger partial charge in [-0.3, -0.25) is 5.41 Å². The molecule has 2 aromatic rings. The summed E-state index contributed by atoms with van der Waals surface area (Å²) >= 11 is 0. The third kappa shape index (κ3) is 2.59. The lowest BCUT2D eigenvalue weighted by molar-refractivity contribution is -0.141. The molecule has 0 unspecified atom stereocenters. The van der Waals surface area contributed by atoms with Crippen molar-refractivity contribution in [2.24, 2.45) is 5.73 Å². The van der Waals surface area contributed by atoms with Crippen molar-refractivity contribution in [1.82, 2.24) is 9.78 Å². The van der Waals surface area contributed by atoms with E-state index in [0.29, 0.717) is 11.3 Å². The van der Waals surface area contributed by atoms with E-state index in [4.69, 9.17) is 11.1 Å². The molecule has 0 saturated heterocycles. The van der Waals surface area contributed by atoms with Crippen LogP contribution in [0.25, 0.3) is 5.69 Å². The maximum atomic E-state index is 12.5. The van der Waals surface area contributed by atoms with Gasteiger partial charge >= 0.3 is 6.18 Å². The van der Waals surface area contributed by atoms with Crippen LogP contribution in [-0.2, 0) is 6.18 Å². The summed E-state index contributed by atoms with van der Waals surface area (Å²) in [6.45, 7) is 1.79. The number of amidine groups is 1. The summed E-state index contributed by atoms with van der Waals surface area (Å²) in [5.41, 5.74) is 5.95. The van der Waals surface area contributed by atoms with Crippen LogP contribution in [0, 0.1) is 12.3 Å². The van der Waals surface area contributed by atoms with Gasteiger partial charge in [-0.05, 0) is 30.7 Å². The molecule has 1 heterocycles. The van der Waals surface area contributed by atoms with Gasteiger partial charge in [0, 0.05) is 11.8 Å². The molecule has 0 aliphatic heterocycles. The maximum absolute atomic E-state index is 12.5. The number of benzene rings is 1. The molecule has 0 atom stereocenters. The molecular formula is C12H11F3N4.